The van der Waals surface area contributed by atoms with Gasteiger partial charge in [-0.25, -0.2) is 0 Å². The van der Waals surface area contributed by atoms with Crippen LogP contribution in [0.25, 0.3) is 10.9 Å². The molecule has 3 heteroatoms. The van der Waals surface area contributed by atoms with Gasteiger partial charge in [-0.05, 0) is 24.5 Å². The molecule has 1 fully saturated rings. The number of fused-ring (bicyclic) bond motifs is 1. The van der Waals surface area contributed by atoms with Gasteiger partial charge in [0, 0.05) is 30.1 Å². The highest BCUT2D eigenvalue weighted by atomic mass is 16.2. The molecule has 1 amide bonds. The smallest absolute Gasteiger partial charge is 0.223 e. The monoisotopic (exact) mass is 252 g/mol. The minimum Gasteiger partial charge on any atom is -0.361 e. The van der Waals surface area contributed by atoms with Crippen molar-refractivity contribution in [1.82, 2.24) is 9.88 Å². The highest BCUT2D eigenvalue weighted by molar-refractivity contribution is 5.83. The fourth-order valence-corrected chi connectivity index (χ4v) is 2.77. The van der Waals surface area contributed by atoms with Gasteiger partial charge in [0.05, 0.1) is 6.04 Å². The second-order valence-electron chi connectivity index (χ2n) is 4.92. The predicted octanol–water partition coefficient (Wildman–Crippen LogP) is 2.33. The highest BCUT2D eigenvalue weighted by Crippen LogP contribution is 2.21. The number of rotatable bonds is 3. The van der Waals surface area contributed by atoms with Crippen molar-refractivity contribution in [3.8, 4) is 12.3 Å². The van der Waals surface area contributed by atoms with E-state index in [1.54, 1.807) is 0 Å². The quantitative estimate of drug-likeness (QED) is 0.836. The molecule has 1 aromatic heterocycles. The number of hydrogen-bond acceptors (Lipinski definition) is 1. The molecule has 1 aliphatic heterocycles. The van der Waals surface area contributed by atoms with Crippen LogP contribution >= 0.6 is 0 Å². The number of hydrogen-bond donors (Lipinski definition) is 1. The Morgan fingerprint density at radius 2 is 2.26 bits per heavy atom. The standard InChI is InChI=1S/C16H16N2O/c1-2-13-7-8-16(19)18(13)10-9-12-11-17-15-6-4-3-5-14(12)15/h1,3-6,11,13,17H,7-10H2/t13-/m1/s1. The zero-order valence-corrected chi connectivity index (χ0v) is 10.7. The number of benzene rings is 1. The summed E-state index contributed by atoms with van der Waals surface area (Å²) in [4.78, 5) is 16.9. The lowest BCUT2D eigenvalue weighted by molar-refractivity contribution is -0.128. The van der Waals surface area contributed by atoms with Crippen LogP contribution < -0.4 is 0 Å². The number of nitrogens with one attached hydrogen (secondary N) is 1. The van der Waals surface area contributed by atoms with Gasteiger partial charge in [0.15, 0.2) is 0 Å². The van der Waals surface area contributed by atoms with Gasteiger partial charge in [-0.2, -0.15) is 0 Å². The Labute approximate surface area is 112 Å². The van der Waals surface area contributed by atoms with E-state index >= 15 is 0 Å². The molecule has 3 nitrogen and oxygen atoms in total. The maximum atomic E-state index is 11.8. The van der Waals surface area contributed by atoms with E-state index in [0.29, 0.717) is 13.0 Å². The van der Waals surface area contributed by atoms with E-state index < -0.39 is 0 Å². The zero-order valence-electron chi connectivity index (χ0n) is 10.7. The number of carbonyl (C=O) groups is 1. The van der Waals surface area contributed by atoms with Crippen molar-refractivity contribution in [3.05, 3.63) is 36.0 Å². The first-order chi connectivity index (χ1) is 9.29. The van der Waals surface area contributed by atoms with Gasteiger partial charge in [0.2, 0.25) is 5.91 Å². The molecule has 0 radical (unpaired) electrons. The molecular formula is C16H16N2O. The van der Waals surface area contributed by atoms with Crippen LogP contribution in [0.3, 0.4) is 0 Å². The minimum atomic E-state index is -0.0160. The molecule has 0 spiro atoms. The van der Waals surface area contributed by atoms with Gasteiger partial charge in [0.1, 0.15) is 0 Å². The summed E-state index contributed by atoms with van der Waals surface area (Å²) < 4.78 is 0. The Bertz CT molecular complexity index is 650. The van der Waals surface area contributed by atoms with Crippen molar-refractivity contribution in [2.24, 2.45) is 0 Å². The molecule has 1 atom stereocenters. The van der Waals surface area contributed by atoms with E-state index in [0.717, 1.165) is 18.4 Å². The molecule has 3 rings (SSSR count). The SMILES string of the molecule is C#C[C@@H]1CCC(=O)N1CCc1c[nH]c2ccccc12. The second-order valence-corrected chi connectivity index (χ2v) is 4.92. The van der Waals surface area contributed by atoms with Gasteiger partial charge in [-0.15, -0.1) is 6.42 Å². The number of carbonyl (C=O) groups excluding carboxylic acids is 1. The first-order valence-corrected chi connectivity index (χ1v) is 6.60. The normalized spacial score (nSPS) is 19.0. The third-order valence-corrected chi connectivity index (χ3v) is 3.82. The summed E-state index contributed by atoms with van der Waals surface area (Å²) >= 11 is 0. The van der Waals surface area contributed by atoms with Gasteiger partial charge in [-0.1, -0.05) is 24.1 Å². The number of aromatic nitrogens is 1. The average molecular weight is 252 g/mol. The second kappa shape index (κ2) is 4.81. The fourth-order valence-electron chi connectivity index (χ4n) is 2.77. The summed E-state index contributed by atoms with van der Waals surface area (Å²) in [5.41, 5.74) is 2.38. The highest BCUT2D eigenvalue weighted by Gasteiger charge is 2.28. The lowest BCUT2D eigenvalue weighted by atomic mass is 10.1. The largest absolute Gasteiger partial charge is 0.361 e. The van der Waals surface area contributed by atoms with Crippen LogP contribution in [0.2, 0.25) is 0 Å². The molecule has 2 aromatic rings. The Hall–Kier alpha value is -2.21. The third-order valence-electron chi connectivity index (χ3n) is 3.82. The molecule has 1 saturated heterocycles. The molecule has 1 N–H and O–H groups in total. The molecule has 0 saturated carbocycles. The van der Waals surface area contributed by atoms with Crippen molar-refractivity contribution in [2.45, 2.75) is 25.3 Å². The summed E-state index contributed by atoms with van der Waals surface area (Å²) in [6.07, 6.45) is 9.72. The Kier molecular flexibility index (Phi) is 3.00. The molecule has 2 heterocycles. The maximum absolute atomic E-state index is 11.8. The minimum absolute atomic E-state index is 0.0160. The van der Waals surface area contributed by atoms with Gasteiger partial charge in [-0.3, -0.25) is 4.79 Å². The average Bonchev–Trinajstić information content (AvgIpc) is 3.00. The first kappa shape index (κ1) is 11.9. The van der Waals surface area contributed by atoms with Crippen LogP contribution in [0, 0.1) is 12.3 Å². The van der Waals surface area contributed by atoms with Crippen LogP contribution in [-0.4, -0.2) is 28.4 Å². The number of para-hydroxylation sites is 1. The van der Waals surface area contributed by atoms with Gasteiger partial charge >= 0.3 is 0 Å². The lowest BCUT2D eigenvalue weighted by Crippen LogP contribution is -2.33. The van der Waals surface area contributed by atoms with Crippen molar-refractivity contribution in [3.63, 3.8) is 0 Å². The van der Waals surface area contributed by atoms with E-state index in [9.17, 15) is 4.79 Å². The lowest BCUT2D eigenvalue weighted by Gasteiger charge is -2.20. The van der Waals surface area contributed by atoms with Crippen LogP contribution in [0.4, 0.5) is 0 Å². The molecule has 1 aromatic carbocycles. The van der Waals surface area contributed by atoms with Crippen molar-refractivity contribution in [2.75, 3.05) is 6.54 Å². The summed E-state index contributed by atoms with van der Waals surface area (Å²) in [6.45, 7) is 0.704. The predicted molar refractivity (Wildman–Crippen MR) is 75.6 cm³/mol. The number of nitrogens with zero attached hydrogens (tertiary/aromatic N) is 1. The Morgan fingerprint density at radius 3 is 3.11 bits per heavy atom. The molecule has 19 heavy (non-hydrogen) atoms. The van der Waals surface area contributed by atoms with Crippen LogP contribution in [0.15, 0.2) is 30.5 Å². The van der Waals surface area contributed by atoms with Crippen molar-refractivity contribution >= 4 is 16.8 Å². The summed E-state index contributed by atoms with van der Waals surface area (Å²) in [5.74, 6) is 2.89. The molecule has 0 bridgehead atoms. The fraction of sp³-hybridized carbons (Fsp3) is 0.312. The van der Waals surface area contributed by atoms with E-state index in [2.05, 4.69) is 23.0 Å². The van der Waals surface area contributed by atoms with E-state index in [-0.39, 0.29) is 11.9 Å². The number of amides is 1. The van der Waals surface area contributed by atoms with Crippen LogP contribution in [0.1, 0.15) is 18.4 Å². The summed E-state index contributed by atoms with van der Waals surface area (Å²) in [6, 6.07) is 8.19. The molecule has 1 aliphatic rings. The van der Waals surface area contributed by atoms with E-state index in [4.69, 9.17) is 6.42 Å². The maximum Gasteiger partial charge on any atom is 0.223 e. The summed E-state index contributed by atoms with van der Waals surface area (Å²) in [5, 5.41) is 1.23. The van der Waals surface area contributed by atoms with Crippen molar-refractivity contribution < 1.29 is 4.79 Å². The summed E-state index contributed by atoms with van der Waals surface area (Å²) in [7, 11) is 0. The molecule has 96 valence electrons. The zero-order chi connectivity index (χ0) is 13.2. The van der Waals surface area contributed by atoms with E-state index in [1.165, 1.54) is 10.9 Å². The Morgan fingerprint density at radius 1 is 1.42 bits per heavy atom. The third kappa shape index (κ3) is 2.10. The first-order valence-electron chi connectivity index (χ1n) is 6.60. The molecule has 0 unspecified atom stereocenters. The van der Waals surface area contributed by atoms with E-state index in [1.807, 2.05) is 23.2 Å². The van der Waals surface area contributed by atoms with Gasteiger partial charge < -0.3 is 9.88 Å². The van der Waals surface area contributed by atoms with Crippen molar-refractivity contribution in [1.29, 1.82) is 0 Å². The number of aromatic amines is 1. The van der Waals surface area contributed by atoms with Crippen LogP contribution in [0.5, 0.6) is 0 Å². The molecule has 0 aliphatic carbocycles. The number of likely N-dealkylation sites (tertiary alicyclic amines) is 1. The Balaban J connectivity index is 1.76. The molecular weight excluding hydrogens is 236 g/mol. The van der Waals surface area contributed by atoms with Crippen LogP contribution in [-0.2, 0) is 11.2 Å². The number of H-pyrrole nitrogens is 1. The topological polar surface area (TPSA) is 36.1 Å². The van der Waals surface area contributed by atoms with Gasteiger partial charge in [0.25, 0.3) is 0 Å². The number of terminal acetylenes is 1.